The summed E-state index contributed by atoms with van der Waals surface area (Å²) in [4.78, 5) is 50.5. The molecule has 2 atom stereocenters. The highest BCUT2D eigenvalue weighted by molar-refractivity contribution is 8.76. The molecule has 0 spiro atoms. The van der Waals surface area contributed by atoms with Crippen LogP contribution in [0.4, 0.5) is 5.69 Å². The summed E-state index contributed by atoms with van der Waals surface area (Å²) in [5, 5.41) is 17.6. The molecule has 3 amide bonds. The van der Waals surface area contributed by atoms with Crippen LogP contribution in [-0.2, 0) is 14.4 Å². The summed E-state index contributed by atoms with van der Waals surface area (Å²) in [5.41, 5.74) is 7.35. The number of nitrogens with one attached hydrogen (secondary N) is 4. The van der Waals surface area contributed by atoms with Gasteiger partial charge < -0.3 is 5.32 Å². The van der Waals surface area contributed by atoms with E-state index < -0.39 is 16.7 Å². The highest BCUT2D eigenvalue weighted by atomic mass is 33.1. The molecule has 0 fully saturated rings. The van der Waals surface area contributed by atoms with E-state index in [4.69, 9.17) is 0 Å². The number of aromatic nitrogens is 1. The Morgan fingerprint density at radius 2 is 2.09 bits per heavy atom. The van der Waals surface area contributed by atoms with Gasteiger partial charge in [-0.2, -0.15) is 5.10 Å². The Bertz CT molecular complexity index is 841. The third kappa shape index (κ3) is 11.1. The fourth-order valence-corrected chi connectivity index (χ4v) is 4.61. The smallest absolute Gasteiger partial charge is 0.302 e. The SMILES string of the molecule is CCCC(CC(C)C(=O)NNC)C(=O)N/N=C/C(=O)NCCSSc1ncccc1[N+](=O)[O-]. The standard InChI is InChI=1S/C19H29N7O5S2/c1-4-6-14(11-13(2)17(28)24-20-3)18(29)25-23-12-16(27)21-9-10-32-33-19-15(26(30)31)7-5-8-22-19/h5,7-8,12-14,20H,4,6,9-11H2,1-3H3,(H,21,27)(H,24,28)(H,25,29)/b23-12+. The maximum absolute atomic E-state index is 12.4. The number of carbonyl (C=O) groups is 3. The number of nitrogens with zero attached hydrogens (tertiary/aromatic N) is 3. The summed E-state index contributed by atoms with van der Waals surface area (Å²) in [7, 11) is 4.06. The number of hydrazine groups is 1. The zero-order chi connectivity index (χ0) is 24.6. The van der Waals surface area contributed by atoms with Crippen molar-refractivity contribution in [1.29, 1.82) is 0 Å². The Hall–Kier alpha value is -2.71. The Balaban J connectivity index is 2.37. The van der Waals surface area contributed by atoms with Crippen molar-refractivity contribution >= 4 is 51.2 Å². The molecule has 0 saturated carbocycles. The molecule has 182 valence electrons. The normalized spacial score (nSPS) is 12.7. The number of hydrogen-bond acceptors (Lipinski definition) is 10. The lowest BCUT2D eigenvalue weighted by Gasteiger charge is -2.18. The van der Waals surface area contributed by atoms with Crippen LogP contribution in [0.5, 0.6) is 0 Å². The van der Waals surface area contributed by atoms with Crippen LogP contribution in [0.3, 0.4) is 0 Å². The number of nitro groups is 1. The predicted octanol–water partition coefficient (Wildman–Crippen LogP) is 1.64. The van der Waals surface area contributed by atoms with Gasteiger partial charge in [-0.25, -0.2) is 15.8 Å². The van der Waals surface area contributed by atoms with Crippen LogP contribution in [0.2, 0.25) is 0 Å². The fourth-order valence-electron chi connectivity index (χ4n) is 2.67. The molecule has 2 unspecified atom stereocenters. The first kappa shape index (κ1) is 28.3. The van der Waals surface area contributed by atoms with Gasteiger partial charge in [0.2, 0.25) is 11.8 Å². The summed E-state index contributed by atoms with van der Waals surface area (Å²) in [6.07, 6.45) is 4.16. The van der Waals surface area contributed by atoms with Crippen molar-refractivity contribution < 1.29 is 19.3 Å². The van der Waals surface area contributed by atoms with Crippen LogP contribution in [-0.4, -0.2) is 53.2 Å². The summed E-state index contributed by atoms with van der Waals surface area (Å²) < 4.78 is 0. The van der Waals surface area contributed by atoms with Crippen LogP contribution in [0.1, 0.15) is 33.1 Å². The molecular weight excluding hydrogens is 470 g/mol. The van der Waals surface area contributed by atoms with Gasteiger partial charge in [0.05, 0.1) is 4.92 Å². The third-order valence-corrected chi connectivity index (χ3v) is 6.56. The Morgan fingerprint density at radius 1 is 1.33 bits per heavy atom. The average Bonchev–Trinajstić information content (AvgIpc) is 2.78. The zero-order valence-corrected chi connectivity index (χ0v) is 20.3. The topological polar surface area (TPSA) is 168 Å². The highest BCUT2D eigenvalue weighted by Crippen LogP contribution is 2.34. The molecular formula is C19H29N7O5S2. The minimum Gasteiger partial charge on any atom is -0.350 e. The minimum absolute atomic E-state index is 0.0691. The third-order valence-electron chi connectivity index (χ3n) is 4.27. The van der Waals surface area contributed by atoms with Crippen LogP contribution < -0.4 is 21.6 Å². The quantitative estimate of drug-likeness (QED) is 0.0921. The van der Waals surface area contributed by atoms with Crippen LogP contribution in [0, 0.1) is 22.0 Å². The molecule has 0 aromatic carbocycles. The van der Waals surface area contributed by atoms with E-state index in [-0.39, 0.29) is 23.4 Å². The first-order valence-electron chi connectivity index (χ1n) is 10.3. The molecule has 1 heterocycles. The average molecular weight is 500 g/mol. The second-order valence-electron chi connectivity index (χ2n) is 6.88. The largest absolute Gasteiger partial charge is 0.350 e. The fraction of sp³-hybridized carbons (Fsp3) is 0.526. The van der Waals surface area contributed by atoms with Crippen molar-refractivity contribution in [2.24, 2.45) is 16.9 Å². The molecule has 0 radical (unpaired) electrons. The Labute approximate surface area is 200 Å². The molecule has 0 saturated heterocycles. The number of hydrazone groups is 1. The summed E-state index contributed by atoms with van der Waals surface area (Å²) in [5.74, 6) is -1.34. The van der Waals surface area contributed by atoms with Gasteiger partial charge in [-0.15, -0.1) is 0 Å². The molecule has 0 aliphatic rings. The van der Waals surface area contributed by atoms with Gasteiger partial charge in [0, 0.05) is 43.4 Å². The van der Waals surface area contributed by atoms with Gasteiger partial charge >= 0.3 is 5.69 Å². The number of amides is 3. The molecule has 1 aromatic heterocycles. The molecule has 0 aliphatic heterocycles. The van der Waals surface area contributed by atoms with E-state index in [9.17, 15) is 24.5 Å². The van der Waals surface area contributed by atoms with Gasteiger partial charge in [-0.05, 0) is 29.7 Å². The first-order valence-corrected chi connectivity index (χ1v) is 12.6. The van der Waals surface area contributed by atoms with Crippen LogP contribution >= 0.6 is 21.6 Å². The molecule has 33 heavy (non-hydrogen) atoms. The van der Waals surface area contributed by atoms with E-state index in [1.807, 2.05) is 6.92 Å². The Kier molecular flexibility index (Phi) is 13.7. The van der Waals surface area contributed by atoms with Crippen molar-refractivity contribution in [3.05, 3.63) is 28.4 Å². The summed E-state index contributed by atoms with van der Waals surface area (Å²) in [6, 6.07) is 2.88. The highest BCUT2D eigenvalue weighted by Gasteiger charge is 2.23. The van der Waals surface area contributed by atoms with E-state index in [1.54, 1.807) is 14.0 Å². The monoisotopic (exact) mass is 499 g/mol. The molecule has 4 N–H and O–H groups in total. The molecule has 14 heteroatoms. The molecule has 1 rings (SSSR count). The van der Waals surface area contributed by atoms with Crippen molar-refractivity contribution in [2.45, 2.75) is 38.1 Å². The van der Waals surface area contributed by atoms with E-state index in [2.05, 4.69) is 31.7 Å². The van der Waals surface area contributed by atoms with Gasteiger partial charge in [-0.1, -0.05) is 31.1 Å². The van der Waals surface area contributed by atoms with Gasteiger partial charge in [0.25, 0.3) is 5.91 Å². The van der Waals surface area contributed by atoms with Crippen molar-refractivity contribution in [1.82, 2.24) is 26.6 Å². The summed E-state index contributed by atoms with van der Waals surface area (Å²) >= 11 is 0. The van der Waals surface area contributed by atoms with E-state index in [0.717, 1.165) is 23.4 Å². The number of pyridine rings is 1. The maximum Gasteiger partial charge on any atom is 0.302 e. The van der Waals surface area contributed by atoms with Gasteiger partial charge in [0.15, 0.2) is 5.03 Å². The van der Waals surface area contributed by atoms with Gasteiger partial charge in [0.1, 0.15) is 6.21 Å². The van der Waals surface area contributed by atoms with E-state index in [0.29, 0.717) is 30.2 Å². The molecule has 12 nitrogen and oxygen atoms in total. The zero-order valence-electron chi connectivity index (χ0n) is 18.7. The second kappa shape index (κ2) is 16.0. The lowest BCUT2D eigenvalue weighted by atomic mass is 9.91. The van der Waals surface area contributed by atoms with Crippen molar-refractivity contribution in [2.75, 3.05) is 19.3 Å². The molecule has 0 aliphatic carbocycles. The van der Waals surface area contributed by atoms with Crippen molar-refractivity contribution in [3.8, 4) is 0 Å². The van der Waals surface area contributed by atoms with Gasteiger partial charge in [-0.3, -0.25) is 29.9 Å². The number of hydrogen-bond donors (Lipinski definition) is 4. The maximum atomic E-state index is 12.4. The van der Waals surface area contributed by atoms with Crippen LogP contribution in [0.25, 0.3) is 0 Å². The predicted molar refractivity (Wildman–Crippen MR) is 128 cm³/mol. The van der Waals surface area contributed by atoms with Crippen molar-refractivity contribution in [3.63, 3.8) is 0 Å². The first-order chi connectivity index (χ1) is 15.8. The lowest BCUT2D eigenvalue weighted by Crippen LogP contribution is -2.39. The minimum atomic E-state index is -0.495. The van der Waals surface area contributed by atoms with Crippen LogP contribution in [0.15, 0.2) is 28.5 Å². The lowest BCUT2D eigenvalue weighted by molar-refractivity contribution is -0.388. The molecule has 1 aromatic rings. The summed E-state index contributed by atoms with van der Waals surface area (Å²) in [6.45, 7) is 3.98. The number of rotatable bonds is 15. The second-order valence-corrected chi connectivity index (χ2v) is 9.28. The van der Waals surface area contributed by atoms with E-state index >= 15 is 0 Å². The molecule has 0 bridgehead atoms. The van der Waals surface area contributed by atoms with E-state index in [1.165, 1.54) is 29.1 Å². The Morgan fingerprint density at radius 3 is 2.76 bits per heavy atom. The number of carbonyl (C=O) groups excluding carboxylic acids is 3.